The number of likely N-dealkylation sites (N-methyl/N-ethyl adjacent to an activating group) is 1. The molecule has 22 heavy (non-hydrogen) atoms. The van der Waals surface area contributed by atoms with Crippen LogP contribution in [0.25, 0.3) is 0 Å². The van der Waals surface area contributed by atoms with Crippen LogP contribution in [0, 0.1) is 5.92 Å². The highest BCUT2D eigenvalue weighted by atomic mass is 16.5. The van der Waals surface area contributed by atoms with Gasteiger partial charge in [0.2, 0.25) is 0 Å². The van der Waals surface area contributed by atoms with Crippen molar-refractivity contribution in [1.29, 1.82) is 0 Å². The summed E-state index contributed by atoms with van der Waals surface area (Å²) in [6, 6.07) is 5.12. The van der Waals surface area contributed by atoms with Crippen LogP contribution in [-0.2, 0) is 23.1 Å². The fourth-order valence-corrected chi connectivity index (χ4v) is 5.87. The van der Waals surface area contributed by atoms with E-state index in [0.29, 0.717) is 24.2 Å². The number of ketones is 1. The number of hydrogen-bond donors (Lipinski definition) is 0. The van der Waals surface area contributed by atoms with Gasteiger partial charge in [-0.05, 0) is 56.3 Å². The van der Waals surface area contributed by atoms with E-state index in [1.54, 1.807) is 0 Å². The Balaban J connectivity index is 1.81. The van der Waals surface area contributed by atoms with Gasteiger partial charge in [0, 0.05) is 23.4 Å². The smallest absolute Gasteiger partial charge is 0.174 e. The first-order valence-corrected chi connectivity index (χ1v) is 8.71. The Bertz CT molecular complexity index is 682. The predicted molar refractivity (Wildman–Crippen MR) is 84.4 cm³/mol. The van der Waals surface area contributed by atoms with E-state index in [1.807, 2.05) is 0 Å². The van der Waals surface area contributed by atoms with E-state index in [-0.39, 0.29) is 11.5 Å². The van der Waals surface area contributed by atoms with Gasteiger partial charge in [-0.1, -0.05) is 19.1 Å². The maximum atomic E-state index is 12.7. The van der Waals surface area contributed by atoms with E-state index < -0.39 is 0 Å². The molecule has 1 spiro atoms. The summed E-state index contributed by atoms with van der Waals surface area (Å²) in [5.41, 5.74) is 4.14. The molecule has 0 N–H and O–H groups in total. The molecule has 3 nitrogen and oxygen atoms in total. The number of carbonyl (C=O) groups excluding carboxylic acids is 1. The van der Waals surface area contributed by atoms with Crippen LogP contribution < -0.4 is 4.74 Å². The van der Waals surface area contributed by atoms with Gasteiger partial charge in [-0.25, -0.2) is 0 Å². The average molecular weight is 297 g/mol. The highest BCUT2D eigenvalue weighted by Gasteiger charge is 2.65. The second-order valence-corrected chi connectivity index (χ2v) is 7.59. The van der Waals surface area contributed by atoms with E-state index in [9.17, 15) is 4.79 Å². The third kappa shape index (κ3) is 1.31. The van der Waals surface area contributed by atoms with Crippen LogP contribution in [0.2, 0.25) is 0 Å². The number of likely N-dealkylation sites (tertiary alicyclic amines) is 1. The molecule has 0 aromatic heterocycles. The van der Waals surface area contributed by atoms with Gasteiger partial charge in [0.15, 0.2) is 11.9 Å². The number of ether oxygens (including phenoxy) is 1. The second kappa shape index (κ2) is 4.14. The predicted octanol–water partition coefficient (Wildman–Crippen LogP) is 2.49. The summed E-state index contributed by atoms with van der Waals surface area (Å²) < 4.78 is 6.38. The Morgan fingerprint density at radius 1 is 1.41 bits per heavy atom. The molecule has 3 heteroatoms. The lowest BCUT2D eigenvalue weighted by atomic mass is 9.51. The summed E-state index contributed by atoms with van der Waals surface area (Å²) in [6.07, 6.45) is 4.72. The van der Waals surface area contributed by atoms with Crippen LogP contribution in [0.3, 0.4) is 0 Å². The number of hydrogen-bond acceptors (Lipinski definition) is 3. The van der Waals surface area contributed by atoms with Gasteiger partial charge in [0.05, 0.1) is 0 Å². The summed E-state index contributed by atoms with van der Waals surface area (Å²) >= 11 is 0. The monoisotopic (exact) mass is 297 g/mol. The van der Waals surface area contributed by atoms with Gasteiger partial charge < -0.3 is 9.64 Å². The SMILES string of the molecule is CCc1ccc2c3c1OC1C(=O)CC[C@H]4[C@@H](C2)N(C)CC[C@]314. The molecule has 1 unspecified atom stereocenters. The summed E-state index contributed by atoms with van der Waals surface area (Å²) in [5, 5.41) is 0. The largest absolute Gasteiger partial charge is 0.481 e. The molecule has 2 fully saturated rings. The fourth-order valence-electron chi connectivity index (χ4n) is 5.87. The average Bonchev–Trinajstić information content (AvgIpc) is 2.88. The normalized spacial score (nSPS) is 38.6. The summed E-state index contributed by atoms with van der Waals surface area (Å²) in [4.78, 5) is 15.2. The van der Waals surface area contributed by atoms with Crippen LogP contribution in [0.4, 0.5) is 0 Å². The lowest BCUT2D eigenvalue weighted by Crippen LogP contribution is -2.65. The molecule has 1 saturated carbocycles. The summed E-state index contributed by atoms with van der Waals surface area (Å²) in [5.74, 6) is 2.01. The van der Waals surface area contributed by atoms with Crippen molar-refractivity contribution in [1.82, 2.24) is 4.90 Å². The topological polar surface area (TPSA) is 29.5 Å². The third-order valence-corrected chi connectivity index (χ3v) is 6.87. The number of piperidine rings is 1. The number of carbonyl (C=O) groups is 1. The van der Waals surface area contributed by atoms with Crippen molar-refractivity contribution < 1.29 is 9.53 Å². The molecule has 0 radical (unpaired) electrons. The maximum absolute atomic E-state index is 12.7. The Labute approximate surface area is 131 Å². The molecule has 4 atom stereocenters. The van der Waals surface area contributed by atoms with Gasteiger partial charge in [-0.3, -0.25) is 4.79 Å². The van der Waals surface area contributed by atoms with Gasteiger partial charge in [-0.2, -0.15) is 0 Å². The molecule has 1 aromatic rings. The standard InChI is InChI=1S/C19H23NO2/c1-3-11-4-5-12-10-14-13-6-7-15(21)18-19(13,8-9-20(14)2)16(12)17(11)22-18/h4-5,13-14,18H,3,6-10H2,1-2H3/t13-,14+,18?,19-/m0/s1. The van der Waals surface area contributed by atoms with Crippen molar-refractivity contribution >= 4 is 5.78 Å². The number of nitrogens with zero attached hydrogens (tertiary/aromatic N) is 1. The van der Waals surface area contributed by atoms with Gasteiger partial charge in [0.1, 0.15) is 5.75 Å². The zero-order valence-electron chi connectivity index (χ0n) is 13.4. The zero-order valence-corrected chi connectivity index (χ0v) is 13.4. The first-order chi connectivity index (χ1) is 10.7. The minimum Gasteiger partial charge on any atom is -0.481 e. The number of Topliss-reactive ketones (excluding diaryl/α,β-unsaturated/α-hetero) is 1. The Hall–Kier alpha value is -1.35. The molecule has 2 bridgehead atoms. The van der Waals surface area contributed by atoms with Crippen LogP contribution in [0.15, 0.2) is 12.1 Å². The van der Waals surface area contributed by atoms with Crippen molar-refractivity contribution in [2.24, 2.45) is 5.92 Å². The number of aryl methyl sites for hydroxylation is 1. The van der Waals surface area contributed by atoms with Crippen LogP contribution in [-0.4, -0.2) is 36.4 Å². The van der Waals surface area contributed by atoms with Crippen molar-refractivity contribution in [2.75, 3.05) is 13.6 Å². The molecule has 1 aromatic carbocycles. The molecular weight excluding hydrogens is 274 g/mol. The van der Waals surface area contributed by atoms with E-state index in [4.69, 9.17) is 4.74 Å². The van der Waals surface area contributed by atoms with Crippen molar-refractivity contribution in [2.45, 2.75) is 56.6 Å². The van der Waals surface area contributed by atoms with Crippen molar-refractivity contribution in [3.8, 4) is 5.75 Å². The molecule has 2 aliphatic carbocycles. The molecule has 5 rings (SSSR count). The lowest BCUT2D eigenvalue weighted by molar-refractivity contribution is -0.138. The van der Waals surface area contributed by atoms with E-state index in [2.05, 4.69) is 31.0 Å². The van der Waals surface area contributed by atoms with E-state index in [0.717, 1.165) is 38.0 Å². The van der Waals surface area contributed by atoms with E-state index in [1.165, 1.54) is 16.7 Å². The first kappa shape index (κ1) is 13.1. The molecule has 2 aliphatic heterocycles. The number of benzene rings is 1. The molecule has 2 heterocycles. The lowest BCUT2D eigenvalue weighted by Gasteiger charge is -2.57. The fraction of sp³-hybridized carbons (Fsp3) is 0.632. The minimum atomic E-state index is -0.204. The van der Waals surface area contributed by atoms with Gasteiger partial charge in [-0.15, -0.1) is 0 Å². The Kier molecular flexibility index (Phi) is 2.47. The first-order valence-electron chi connectivity index (χ1n) is 8.71. The van der Waals surface area contributed by atoms with Crippen LogP contribution in [0.5, 0.6) is 5.75 Å². The maximum Gasteiger partial charge on any atom is 0.174 e. The minimum absolute atomic E-state index is 0.0133. The Morgan fingerprint density at radius 3 is 3.09 bits per heavy atom. The molecule has 4 aliphatic rings. The zero-order chi connectivity index (χ0) is 15.1. The molecule has 116 valence electrons. The molecular formula is C19H23NO2. The quantitative estimate of drug-likeness (QED) is 0.797. The highest BCUT2D eigenvalue weighted by Crippen LogP contribution is 2.61. The van der Waals surface area contributed by atoms with Crippen molar-refractivity contribution in [3.63, 3.8) is 0 Å². The third-order valence-electron chi connectivity index (χ3n) is 6.87. The highest BCUT2D eigenvalue weighted by molar-refractivity contribution is 5.89. The summed E-state index contributed by atoms with van der Waals surface area (Å²) in [6.45, 7) is 3.27. The van der Waals surface area contributed by atoms with Gasteiger partial charge in [0.25, 0.3) is 0 Å². The van der Waals surface area contributed by atoms with Gasteiger partial charge >= 0.3 is 0 Å². The molecule has 1 saturated heterocycles. The molecule has 0 amide bonds. The summed E-state index contributed by atoms with van der Waals surface area (Å²) in [7, 11) is 2.26. The second-order valence-electron chi connectivity index (χ2n) is 7.59. The van der Waals surface area contributed by atoms with E-state index >= 15 is 0 Å². The van der Waals surface area contributed by atoms with Crippen molar-refractivity contribution in [3.05, 3.63) is 28.8 Å². The number of rotatable bonds is 1. The van der Waals surface area contributed by atoms with Crippen LogP contribution >= 0.6 is 0 Å². The van der Waals surface area contributed by atoms with Crippen LogP contribution in [0.1, 0.15) is 42.9 Å². The Morgan fingerprint density at radius 2 is 2.27 bits per heavy atom.